The Morgan fingerprint density at radius 2 is 1.79 bits per heavy atom. The van der Waals surface area contributed by atoms with Crippen LogP contribution < -0.4 is 5.32 Å². The molecule has 0 aromatic heterocycles. The summed E-state index contributed by atoms with van der Waals surface area (Å²) >= 11 is 0. The van der Waals surface area contributed by atoms with Gasteiger partial charge in [0.2, 0.25) is 0 Å². The van der Waals surface area contributed by atoms with Crippen molar-refractivity contribution in [2.24, 2.45) is 0 Å². The molecule has 0 saturated carbocycles. The summed E-state index contributed by atoms with van der Waals surface area (Å²) in [6, 6.07) is 15.7. The van der Waals surface area contributed by atoms with Gasteiger partial charge in [-0.25, -0.2) is 0 Å². The highest BCUT2D eigenvalue weighted by molar-refractivity contribution is 7.86. The topological polar surface area (TPSA) is 100 Å². The van der Waals surface area contributed by atoms with Crippen molar-refractivity contribution in [1.29, 1.82) is 0 Å². The van der Waals surface area contributed by atoms with E-state index >= 15 is 0 Å². The minimum absolute atomic E-state index is 0.0651. The predicted octanol–water partition coefficient (Wildman–Crippen LogP) is 2.99. The maximum Gasteiger partial charge on any atom is 0.297 e. The zero-order valence-corrected chi connectivity index (χ0v) is 19.5. The van der Waals surface area contributed by atoms with Crippen molar-refractivity contribution in [1.82, 2.24) is 5.32 Å². The molecule has 2 saturated heterocycles. The van der Waals surface area contributed by atoms with Crippen LogP contribution in [0.4, 0.5) is 0 Å². The summed E-state index contributed by atoms with van der Waals surface area (Å²) in [5, 5.41) is 2.70. The van der Waals surface area contributed by atoms with E-state index < -0.39 is 34.8 Å². The van der Waals surface area contributed by atoms with Gasteiger partial charge in [-0.15, -0.1) is 0 Å². The van der Waals surface area contributed by atoms with Gasteiger partial charge in [0, 0.05) is 5.56 Å². The third kappa shape index (κ3) is 5.34. The Kier molecular flexibility index (Phi) is 6.96. The van der Waals surface area contributed by atoms with Crippen molar-refractivity contribution >= 4 is 16.0 Å². The standard InChI is InChI=1S/C24H27NO7S/c1-15(2)21-22(26)25-23(21)31-19-13-29-24(17-7-5-4-6-8-17)32-20(19)14-30-33(27,28)18-11-9-16(3)10-12-18/h4-12,19-20,23-24H,13-14H2,1-3H3,(H,25,26)/t19-,20-,23+,24+/m1/s1. The molecule has 2 aliphatic rings. The SMILES string of the molecule is CC(C)=C1C(=O)N[C@H]1O[C@@H]1CO[C@H](c2ccccc2)O[C@@H]1COS(=O)(=O)c1ccc(C)cc1. The van der Waals surface area contributed by atoms with Crippen molar-refractivity contribution in [2.75, 3.05) is 13.2 Å². The van der Waals surface area contributed by atoms with Gasteiger partial charge in [-0.3, -0.25) is 8.98 Å². The molecular weight excluding hydrogens is 446 g/mol. The van der Waals surface area contributed by atoms with Crippen LogP contribution in [0, 0.1) is 6.92 Å². The van der Waals surface area contributed by atoms with Gasteiger partial charge in [0.1, 0.15) is 12.2 Å². The number of ether oxygens (including phenoxy) is 3. The van der Waals surface area contributed by atoms with E-state index in [0.29, 0.717) is 5.57 Å². The molecule has 33 heavy (non-hydrogen) atoms. The van der Waals surface area contributed by atoms with Crippen molar-refractivity contribution < 1.29 is 31.6 Å². The lowest BCUT2D eigenvalue weighted by Crippen LogP contribution is -2.58. The quantitative estimate of drug-likeness (QED) is 0.375. The van der Waals surface area contributed by atoms with Crippen molar-refractivity contribution in [2.45, 2.75) is 50.4 Å². The number of carbonyl (C=O) groups excluding carboxylic acids is 1. The molecule has 1 amide bonds. The average Bonchev–Trinajstić information content (AvgIpc) is 2.78. The number of aryl methyl sites for hydroxylation is 1. The second kappa shape index (κ2) is 9.74. The van der Waals surface area contributed by atoms with Gasteiger partial charge in [-0.1, -0.05) is 53.6 Å². The first-order valence-electron chi connectivity index (χ1n) is 10.7. The summed E-state index contributed by atoms with van der Waals surface area (Å²) < 4.78 is 48.7. The van der Waals surface area contributed by atoms with Crippen LogP contribution in [0.5, 0.6) is 0 Å². The number of hydrogen-bond donors (Lipinski definition) is 1. The molecular formula is C24H27NO7S. The van der Waals surface area contributed by atoms with Gasteiger partial charge in [0.15, 0.2) is 12.5 Å². The van der Waals surface area contributed by atoms with E-state index in [1.807, 2.05) is 51.1 Å². The van der Waals surface area contributed by atoms with Crippen LogP contribution in [0.1, 0.15) is 31.3 Å². The van der Waals surface area contributed by atoms with E-state index in [4.69, 9.17) is 18.4 Å². The number of benzene rings is 2. The molecule has 2 aliphatic heterocycles. The van der Waals surface area contributed by atoms with Crippen molar-refractivity contribution in [3.63, 3.8) is 0 Å². The fraction of sp³-hybridized carbons (Fsp3) is 0.375. The Hall–Kier alpha value is -2.56. The first-order chi connectivity index (χ1) is 15.7. The fourth-order valence-electron chi connectivity index (χ4n) is 3.64. The van der Waals surface area contributed by atoms with Gasteiger partial charge < -0.3 is 19.5 Å². The Labute approximate surface area is 193 Å². The van der Waals surface area contributed by atoms with E-state index in [1.54, 1.807) is 12.1 Å². The maximum absolute atomic E-state index is 12.7. The Bertz CT molecular complexity index is 1130. The van der Waals surface area contributed by atoms with Crippen molar-refractivity contribution in [3.8, 4) is 0 Å². The second-order valence-electron chi connectivity index (χ2n) is 8.24. The summed E-state index contributed by atoms with van der Waals surface area (Å²) in [6.45, 7) is 5.41. The molecule has 2 aromatic rings. The van der Waals surface area contributed by atoms with Crippen LogP contribution in [-0.2, 0) is 33.3 Å². The molecule has 4 atom stereocenters. The van der Waals surface area contributed by atoms with Crippen LogP contribution >= 0.6 is 0 Å². The molecule has 2 aromatic carbocycles. The monoisotopic (exact) mass is 473 g/mol. The third-order valence-corrected chi connectivity index (χ3v) is 6.81. The second-order valence-corrected chi connectivity index (χ2v) is 9.86. The molecule has 0 spiro atoms. The molecule has 8 nitrogen and oxygen atoms in total. The zero-order chi connectivity index (χ0) is 23.6. The molecule has 0 aliphatic carbocycles. The molecule has 9 heteroatoms. The van der Waals surface area contributed by atoms with E-state index in [9.17, 15) is 13.2 Å². The number of nitrogens with one attached hydrogen (secondary N) is 1. The van der Waals surface area contributed by atoms with Gasteiger partial charge >= 0.3 is 0 Å². The Morgan fingerprint density at radius 1 is 1.09 bits per heavy atom. The van der Waals surface area contributed by atoms with Gasteiger partial charge in [0.05, 0.1) is 23.7 Å². The number of carbonyl (C=O) groups is 1. The Balaban J connectivity index is 1.50. The normalized spacial score (nSPS) is 25.3. The van der Waals surface area contributed by atoms with E-state index in [2.05, 4.69) is 5.32 Å². The molecule has 2 fully saturated rings. The van der Waals surface area contributed by atoms with Crippen LogP contribution in [-0.4, -0.2) is 46.0 Å². The smallest absolute Gasteiger partial charge is 0.297 e. The van der Waals surface area contributed by atoms with E-state index in [0.717, 1.165) is 16.7 Å². The first kappa shape index (κ1) is 23.6. The van der Waals surface area contributed by atoms with Gasteiger partial charge in [-0.05, 0) is 32.9 Å². The number of rotatable bonds is 7. The van der Waals surface area contributed by atoms with Crippen LogP contribution in [0.2, 0.25) is 0 Å². The largest absolute Gasteiger partial charge is 0.346 e. The van der Waals surface area contributed by atoms with Crippen LogP contribution in [0.15, 0.2) is 70.6 Å². The highest BCUT2D eigenvalue weighted by Gasteiger charge is 2.41. The summed E-state index contributed by atoms with van der Waals surface area (Å²) in [6.07, 6.45) is -2.71. The minimum atomic E-state index is -3.99. The highest BCUT2D eigenvalue weighted by Crippen LogP contribution is 2.31. The Morgan fingerprint density at radius 3 is 2.42 bits per heavy atom. The predicted molar refractivity (Wildman–Crippen MR) is 120 cm³/mol. The molecule has 0 unspecified atom stereocenters. The number of β-lactam (4-membered cyclic amide) rings is 1. The minimum Gasteiger partial charge on any atom is -0.346 e. The summed E-state index contributed by atoms with van der Waals surface area (Å²) in [7, 11) is -3.99. The number of hydrogen-bond acceptors (Lipinski definition) is 7. The lowest BCUT2D eigenvalue weighted by molar-refractivity contribution is -0.277. The molecule has 0 bridgehead atoms. The summed E-state index contributed by atoms with van der Waals surface area (Å²) in [5.41, 5.74) is 3.13. The first-order valence-corrected chi connectivity index (χ1v) is 12.1. The lowest BCUT2D eigenvalue weighted by Gasteiger charge is -2.40. The maximum atomic E-state index is 12.7. The van der Waals surface area contributed by atoms with E-state index in [1.165, 1.54) is 12.1 Å². The lowest BCUT2D eigenvalue weighted by atomic mass is 10.0. The van der Waals surface area contributed by atoms with Crippen molar-refractivity contribution in [3.05, 3.63) is 76.9 Å². The van der Waals surface area contributed by atoms with E-state index in [-0.39, 0.29) is 24.0 Å². The number of allylic oxidation sites excluding steroid dienone is 1. The highest BCUT2D eigenvalue weighted by atomic mass is 32.2. The third-order valence-electron chi connectivity index (χ3n) is 5.51. The molecule has 176 valence electrons. The van der Waals surface area contributed by atoms with Gasteiger partial charge in [-0.2, -0.15) is 8.42 Å². The summed E-state index contributed by atoms with van der Waals surface area (Å²) in [5.74, 6) is -0.186. The molecule has 4 rings (SSSR count). The van der Waals surface area contributed by atoms with Gasteiger partial charge in [0.25, 0.3) is 16.0 Å². The summed E-state index contributed by atoms with van der Waals surface area (Å²) in [4.78, 5) is 11.9. The average molecular weight is 474 g/mol. The van der Waals surface area contributed by atoms with Crippen LogP contribution in [0.3, 0.4) is 0 Å². The fourth-order valence-corrected chi connectivity index (χ4v) is 4.56. The number of amides is 1. The molecule has 0 radical (unpaired) electrons. The zero-order valence-electron chi connectivity index (χ0n) is 18.7. The molecule has 2 heterocycles. The molecule has 1 N–H and O–H groups in total. The van der Waals surface area contributed by atoms with Crippen LogP contribution in [0.25, 0.3) is 0 Å².